The Balaban J connectivity index is 2.25. The zero-order valence-electron chi connectivity index (χ0n) is 16.2. The summed E-state index contributed by atoms with van der Waals surface area (Å²) in [5.74, 6) is -0.683. The van der Waals surface area contributed by atoms with E-state index in [1.54, 1.807) is 31.4 Å². The summed E-state index contributed by atoms with van der Waals surface area (Å²) in [5, 5.41) is 31.9. The molecule has 2 aromatic carbocycles. The molecule has 0 spiro atoms. The molecule has 0 saturated heterocycles. The highest BCUT2D eigenvalue weighted by Gasteiger charge is 2.55. The summed E-state index contributed by atoms with van der Waals surface area (Å²) < 4.78 is 31.7. The number of carbonyl (C=O) groups is 1. The smallest absolute Gasteiger partial charge is 0.268 e. The number of alkyl halides is 2. The molecule has 2 rings (SSSR count). The SMILES string of the molecule is COc1ccc(-c2ccc(CN[C@](C)(C(=O)NO)C(C)(O)C(F)F)c(O)c2)cc1. The molecule has 0 aliphatic carbocycles. The third-order valence-electron chi connectivity index (χ3n) is 5.13. The number of carbonyl (C=O) groups excluding carboxylic acids is 1. The van der Waals surface area contributed by atoms with Crippen LogP contribution in [0.15, 0.2) is 42.5 Å². The first-order valence-corrected chi connectivity index (χ1v) is 8.73. The molecule has 9 heteroatoms. The first kappa shape index (κ1) is 22.5. The fourth-order valence-corrected chi connectivity index (χ4v) is 2.77. The van der Waals surface area contributed by atoms with Crippen LogP contribution in [0.3, 0.4) is 0 Å². The molecule has 0 aliphatic heterocycles. The number of halogens is 2. The van der Waals surface area contributed by atoms with Gasteiger partial charge in [-0.05, 0) is 43.2 Å². The van der Waals surface area contributed by atoms with E-state index < -0.39 is 23.5 Å². The molecule has 0 bridgehead atoms. The molecular formula is C20H24F2N2O5. The van der Waals surface area contributed by atoms with Crippen LogP contribution in [0.2, 0.25) is 0 Å². The predicted octanol–water partition coefficient (Wildman–Crippen LogP) is 2.44. The molecule has 2 atom stereocenters. The summed E-state index contributed by atoms with van der Waals surface area (Å²) >= 11 is 0. The van der Waals surface area contributed by atoms with Gasteiger partial charge in [-0.25, -0.2) is 14.3 Å². The quantitative estimate of drug-likeness (QED) is 0.338. The van der Waals surface area contributed by atoms with Crippen molar-refractivity contribution in [3.05, 3.63) is 48.0 Å². The number of amides is 1. The van der Waals surface area contributed by atoms with Crippen LogP contribution >= 0.6 is 0 Å². The lowest BCUT2D eigenvalue weighted by Gasteiger charge is -2.40. The topological polar surface area (TPSA) is 111 Å². The Morgan fingerprint density at radius 1 is 1.14 bits per heavy atom. The van der Waals surface area contributed by atoms with Crippen LogP contribution in [0.5, 0.6) is 11.5 Å². The Morgan fingerprint density at radius 3 is 2.21 bits per heavy atom. The fourth-order valence-electron chi connectivity index (χ4n) is 2.77. The van der Waals surface area contributed by atoms with E-state index in [0.29, 0.717) is 16.9 Å². The van der Waals surface area contributed by atoms with Crippen LogP contribution in [0.4, 0.5) is 8.78 Å². The Kier molecular flexibility index (Phi) is 6.78. The van der Waals surface area contributed by atoms with Crippen molar-refractivity contribution in [2.24, 2.45) is 0 Å². The monoisotopic (exact) mass is 410 g/mol. The Morgan fingerprint density at radius 2 is 1.72 bits per heavy atom. The van der Waals surface area contributed by atoms with Crippen LogP contribution in [0.1, 0.15) is 19.4 Å². The van der Waals surface area contributed by atoms with Crippen molar-refractivity contribution in [2.45, 2.75) is 38.0 Å². The standard InChI is InChI=1S/C20H24F2N2O5/c1-19(18(26)24-28,20(2,27)17(21)22)23-11-14-5-4-13(10-16(14)25)12-6-8-15(29-3)9-7-12/h4-10,17,23,25,27-28H,11H2,1-3H3,(H,24,26)/t19-,20?/m1/s1. The summed E-state index contributed by atoms with van der Waals surface area (Å²) in [6, 6.07) is 11.9. The molecule has 7 nitrogen and oxygen atoms in total. The number of phenols is 1. The summed E-state index contributed by atoms with van der Waals surface area (Å²) in [6.07, 6.45) is -3.27. The van der Waals surface area contributed by atoms with Gasteiger partial charge in [-0.3, -0.25) is 15.3 Å². The largest absolute Gasteiger partial charge is 0.508 e. The molecular weight excluding hydrogens is 386 g/mol. The number of hydroxylamine groups is 1. The van der Waals surface area contributed by atoms with E-state index in [1.165, 1.54) is 11.5 Å². The number of benzene rings is 2. The fraction of sp³-hybridized carbons (Fsp3) is 0.350. The normalized spacial score (nSPS) is 15.4. The molecule has 1 unspecified atom stereocenters. The van der Waals surface area contributed by atoms with Crippen molar-refractivity contribution in [1.82, 2.24) is 10.8 Å². The Bertz CT molecular complexity index is 858. The van der Waals surface area contributed by atoms with Crippen molar-refractivity contribution in [2.75, 3.05) is 7.11 Å². The zero-order chi connectivity index (χ0) is 21.8. The summed E-state index contributed by atoms with van der Waals surface area (Å²) in [5.41, 5.74) is -1.90. The number of aromatic hydroxyl groups is 1. The molecule has 29 heavy (non-hydrogen) atoms. The van der Waals surface area contributed by atoms with E-state index in [9.17, 15) is 23.8 Å². The maximum atomic E-state index is 13.3. The molecule has 0 heterocycles. The number of ether oxygens (including phenoxy) is 1. The number of hydrogen-bond acceptors (Lipinski definition) is 6. The second-order valence-corrected chi connectivity index (χ2v) is 6.94. The van der Waals surface area contributed by atoms with Crippen molar-refractivity contribution in [3.63, 3.8) is 0 Å². The van der Waals surface area contributed by atoms with E-state index in [1.807, 2.05) is 12.1 Å². The van der Waals surface area contributed by atoms with Crippen molar-refractivity contribution in [1.29, 1.82) is 0 Å². The third-order valence-corrected chi connectivity index (χ3v) is 5.13. The second-order valence-electron chi connectivity index (χ2n) is 6.94. The van der Waals surface area contributed by atoms with Crippen LogP contribution in [0.25, 0.3) is 11.1 Å². The van der Waals surface area contributed by atoms with Gasteiger partial charge in [-0.1, -0.05) is 24.3 Å². The summed E-state index contributed by atoms with van der Waals surface area (Å²) in [4.78, 5) is 12.0. The lowest BCUT2D eigenvalue weighted by molar-refractivity contribution is -0.167. The van der Waals surface area contributed by atoms with Gasteiger partial charge in [-0.2, -0.15) is 0 Å². The first-order chi connectivity index (χ1) is 13.6. The van der Waals surface area contributed by atoms with Gasteiger partial charge in [-0.15, -0.1) is 0 Å². The van der Waals surface area contributed by atoms with Crippen molar-refractivity contribution in [3.8, 4) is 22.6 Å². The molecule has 5 N–H and O–H groups in total. The molecule has 2 aromatic rings. The first-order valence-electron chi connectivity index (χ1n) is 8.73. The van der Waals surface area contributed by atoms with Gasteiger partial charge in [0.25, 0.3) is 12.3 Å². The van der Waals surface area contributed by atoms with E-state index in [4.69, 9.17) is 9.94 Å². The maximum absolute atomic E-state index is 13.3. The van der Waals surface area contributed by atoms with E-state index in [2.05, 4.69) is 5.32 Å². The van der Waals surface area contributed by atoms with Crippen LogP contribution in [0, 0.1) is 0 Å². The van der Waals surface area contributed by atoms with Gasteiger partial charge in [0.1, 0.15) is 22.6 Å². The number of methoxy groups -OCH3 is 1. The van der Waals surface area contributed by atoms with Gasteiger partial charge in [0.05, 0.1) is 7.11 Å². The molecule has 0 saturated carbocycles. The van der Waals surface area contributed by atoms with E-state index >= 15 is 0 Å². The number of rotatable bonds is 8. The zero-order valence-corrected chi connectivity index (χ0v) is 16.2. The van der Waals surface area contributed by atoms with Gasteiger partial charge in [0.2, 0.25) is 0 Å². The van der Waals surface area contributed by atoms with Gasteiger partial charge in [0, 0.05) is 12.1 Å². The Hall–Kier alpha value is -2.75. The molecule has 0 aromatic heterocycles. The molecule has 0 fully saturated rings. The minimum atomic E-state index is -3.27. The number of hydrogen-bond donors (Lipinski definition) is 5. The lowest BCUT2D eigenvalue weighted by Crippen LogP contribution is -2.69. The predicted molar refractivity (Wildman–Crippen MR) is 102 cm³/mol. The highest BCUT2D eigenvalue weighted by atomic mass is 19.3. The van der Waals surface area contributed by atoms with Crippen LogP contribution in [-0.4, -0.2) is 46.0 Å². The molecule has 0 radical (unpaired) electrons. The van der Waals surface area contributed by atoms with Crippen LogP contribution in [-0.2, 0) is 11.3 Å². The number of phenolic OH excluding ortho intramolecular Hbond substituents is 1. The second kappa shape index (κ2) is 8.73. The minimum absolute atomic E-state index is 0.130. The highest BCUT2D eigenvalue weighted by Crippen LogP contribution is 2.31. The average Bonchev–Trinajstić information content (AvgIpc) is 2.71. The summed E-state index contributed by atoms with van der Waals surface area (Å²) in [7, 11) is 1.55. The number of nitrogens with one attached hydrogen (secondary N) is 2. The van der Waals surface area contributed by atoms with Crippen LogP contribution < -0.4 is 15.5 Å². The molecule has 0 aliphatic rings. The minimum Gasteiger partial charge on any atom is -0.508 e. The van der Waals surface area contributed by atoms with Crippen molar-refractivity contribution >= 4 is 5.91 Å². The Labute approximate surface area is 166 Å². The van der Waals surface area contributed by atoms with Gasteiger partial charge < -0.3 is 14.9 Å². The lowest BCUT2D eigenvalue weighted by atomic mass is 9.81. The van der Waals surface area contributed by atoms with Gasteiger partial charge >= 0.3 is 0 Å². The summed E-state index contributed by atoms with van der Waals surface area (Å²) in [6.45, 7) is 1.60. The van der Waals surface area contributed by atoms with E-state index in [-0.39, 0.29) is 12.3 Å². The highest BCUT2D eigenvalue weighted by molar-refractivity contribution is 5.86. The average molecular weight is 410 g/mol. The van der Waals surface area contributed by atoms with E-state index in [0.717, 1.165) is 19.4 Å². The number of aliphatic hydroxyl groups is 1. The van der Waals surface area contributed by atoms with Gasteiger partial charge in [0.15, 0.2) is 0 Å². The van der Waals surface area contributed by atoms with Crippen molar-refractivity contribution < 1.29 is 33.7 Å². The maximum Gasteiger partial charge on any atom is 0.268 e. The molecule has 158 valence electrons. The third kappa shape index (κ3) is 4.47. The molecule has 1 amide bonds.